The minimum atomic E-state index is 0.136. The molecule has 0 spiro atoms. The van der Waals surface area contributed by atoms with E-state index in [0.717, 1.165) is 32.2 Å². The number of rotatable bonds is 4. The number of carbonyl (C=O) groups excluding carboxylic acids is 2. The summed E-state index contributed by atoms with van der Waals surface area (Å²) >= 11 is 0. The first-order valence-electron chi connectivity index (χ1n) is 5.32. The first kappa shape index (κ1) is 9.49. The van der Waals surface area contributed by atoms with E-state index in [9.17, 15) is 9.59 Å². The second-order valence-electron chi connectivity index (χ2n) is 4.00. The Labute approximate surface area is 83.9 Å². The first-order chi connectivity index (χ1) is 6.83. The molecular weight excluding hydrogens is 180 g/mol. The molecule has 0 radical (unpaired) electrons. The lowest BCUT2D eigenvalue weighted by atomic mass is 9.92. The Morgan fingerprint density at radius 3 is 2.71 bits per heavy atom. The second-order valence-corrected chi connectivity index (χ2v) is 4.00. The maximum Gasteiger partial charge on any atom is 0.320 e. The van der Waals surface area contributed by atoms with Crippen molar-refractivity contribution >= 4 is 12.3 Å². The topological polar surface area (TPSA) is 40.6 Å². The van der Waals surface area contributed by atoms with Gasteiger partial charge in [0.15, 0.2) is 0 Å². The number of nitrogens with zero attached hydrogens (tertiary/aromatic N) is 2. The van der Waals surface area contributed by atoms with Crippen LogP contribution in [0.5, 0.6) is 0 Å². The largest absolute Gasteiger partial charge is 0.322 e. The van der Waals surface area contributed by atoms with Gasteiger partial charge in [0.1, 0.15) is 6.29 Å². The molecule has 1 saturated heterocycles. The Morgan fingerprint density at radius 1 is 1.36 bits per heavy atom. The van der Waals surface area contributed by atoms with Gasteiger partial charge in [0.2, 0.25) is 0 Å². The van der Waals surface area contributed by atoms with Crippen LogP contribution in [0.4, 0.5) is 4.79 Å². The van der Waals surface area contributed by atoms with Crippen LogP contribution in [0.2, 0.25) is 0 Å². The van der Waals surface area contributed by atoms with E-state index >= 15 is 0 Å². The van der Waals surface area contributed by atoms with Crippen molar-refractivity contribution in [3.8, 4) is 0 Å². The SMILES string of the molecule is O=CCCN1CCN(C2CCC2)C1=O. The molecule has 0 N–H and O–H groups in total. The molecule has 78 valence electrons. The molecule has 2 aliphatic rings. The van der Waals surface area contributed by atoms with Crippen LogP contribution in [-0.2, 0) is 4.79 Å². The standard InChI is InChI=1S/C10H16N2O2/c13-8-2-5-11-6-7-12(10(11)14)9-3-1-4-9/h8-9H,1-7H2. The van der Waals surface area contributed by atoms with Crippen LogP contribution in [-0.4, -0.2) is 47.8 Å². The van der Waals surface area contributed by atoms with E-state index in [4.69, 9.17) is 0 Å². The molecule has 0 bridgehead atoms. The predicted molar refractivity (Wildman–Crippen MR) is 52.0 cm³/mol. The summed E-state index contributed by atoms with van der Waals surface area (Å²) in [6, 6.07) is 0.625. The Morgan fingerprint density at radius 2 is 2.14 bits per heavy atom. The van der Waals surface area contributed by atoms with Gasteiger partial charge < -0.3 is 14.6 Å². The highest BCUT2D eigenvalue weighted by Crippen LogP contribution is 2.27. The van der Waals surface area contributed by atoms with Gasteiger partial charge in [-0.05, 0) is 19.3 Å². The van der Waals surface area contributed by atoms with Crippen molar-refractivity contribution in [3.63, 3.8) is 0 Å². The van der Waals surface area contributed by atoms with E-state index in [1.165, 1.54) is 6.42 Å². The molecule has 1 heterocycles. The molecule has 1 saturated carbocycles. The molecule has 2 fully saturated rings. The van der Waals surface area contributed by atoms with Gasteiger partial charge in [-0.25, -0.2) is 4.79 Å². The van der Waals surface area contributed by atoms with E-state index < -0.39 is 0 Å². The average Bonchev–Trinajstić information content (AvgIpc) is 2.43. The highest BCUT2D eigenvalue weighted by atomic mass is 16.2. The van der Waals surface area contributed by atoms with Crippen molar-refractivity contribution in [2.24, 2.45) is 0 Å². The molecule has 0 unspecified atom stereocenters. The highest BCUT2D eigenvalue weighted by Gasteiger charge is 2.35. The molecule has 2 rings (SSSR count). The van der Waals surface area contributed by atoms with E-state index in [1.807, 2.05) is 4.90 Å². The minimum absolute atomic E-state index is 0.136. The summed E-state index contributed by atoms with van der Waals surface area (Å²) in [5.74, 6) is 0. The fourth-order valence-corrected chi connectivity index (χ4v) is 2.05. The predicted octanol–water partition coefficient (Wildman–Crippen LogP) is 0.865. The number of aldehydes is 1. The normalized spacial score (nSPS) is 22.7. The van der Waals surface area contributed by atoms with Crippen LogP contribution in [0.3, 0.4) is 0 Å². The van der Waals surface area contributed by atoms with Gasteiger partial charge in [0.05, 0.1) is 0 Å². The summed E-state index contributed by atoms with van der Waals surface area (Å²) in [7, 11) is 0. The summed E-state index contributed by atoms with van der Waals surface area (Å²) in [6.07, 6.45) is 4.91. The van der Waals surface area contributed by atoms with Crippen LogP contribution in [0.1, 0.15) is 25.7 Å². The number of amides is 2. The van der Waals surface area contributed by atoms with Crippen LogP contribution in [0.15, 0.2) is 0 Å². The molecule has 0 aromatic carbocycles. The lowest BCUT2D eigenvalue weighted by Crippen LogP contribution is -2.43. The number of carbonyl (C=O) groups is 2. The Bertz CT molecular complexity index is 238. The molecule has 4 nitrogen and oxygen atoms in total. The zero-order valence-corrected chi connectivity index (χ0v) is 8.32. The van der Waals surface area contributed by atoms with Gasteiger partial charge in [-0.1, -0.05) is 0 Å². The quantitative estimate of drug-likeness (QED) is 0.626. The molecule has 1 aliphatic heterocycles. The summed E-state index contributed by atoms with van der Waals surface area (Å²) in [4.78, 5) is 25.7. The van der Waals surface area contributed by atoms with Gasteiger partial charge in [0, 0.05) is 32.1 Å². The molecule has 1 aliphatic carbocycles. The summed E-state index contributed by atoms with van der Waals surface area (Å²) < 4.78 is 0. The van der Waals surface area contributed by atoms with Crippen LogP contribution in [0, 0.1) is 0 Å². The lowest BCUT2D eigenvalue weighted by molar-refractivity contribution is -0.108. The Hall–Kier alpha value is -1.06. The maximum atomic E-state index is 11.8. The second kappa shape index (κ2) is 3.98. The van der Waals surface area contributed by atoms with E-state index in [0.29, 0.717) is 19.0 Å². The molecule has 0 aromatic rings. The third kappa shape index (κ3) is 1.61. The van der Waals surface area contributed by atoms with Gasteiger partial charge in [-0.3, -0.25) is 0 Å². The smallest absolute Gasteiger partial charge is 0.320 e. The first-order valence-corrected chi connectivity index (χ1v) is 5.32. The minimum Gasteiger partial charge on any atom is -0.322 e. The Kier molecular flexibility index (Phi) is 2.70. The van der Waals surface area contributed by atoms with Crippen molar-refractivity contribution in [2.45, 2.75) is 31.7 Å². The molecule has 4 heteroatoms. The van der Waals surface area contributed by atoms with Gasteiger partial charge in [-0.15, -0.1) is 0 Å². The average molecular weight is 196 g/mol. The zero-order valence-electron chi connectivity index (χ0n) is 8.32. The van der Waals surface area contributed by atoms with E-state index in [1.54, 1.807) is 4.90 Å². The zero-order chi connectivity index (χ0) is 9.97. The summed E-state index contributed by atoms with van der Waals surface area (Å²) in [5, 5.41) is 0. The van der Waals surface area contributed by atoms with Crippen molar-refractivity contribution in [3.05, 3.63) is 0 Å². The van der Waals surface area contributed by atoms with Crippen LogP contribution in [0.25, 0.3) is 0 Å². The third-order valence-electron chi connectivity index (χ3n) is 3.16. The molecule has 0 aromatic heterocycles. The maximum absolute atomic E-state index is 11.8. The fourth-order valence-electron chi connectivity index (χ4n) is 2.05. The van der Waals surface area contributed by atoms with Crippen molar-refractivity contribution in [1.82, 2.24) is 9.80 Å². The third-order valence-corrected chi connectivity index (χ3v) is 3.16. The van der Waals surface area contributed by atoms with Crippen LogP contribution < -0.4 is 0 Å². The van der Waals surface area contributed by atoms with Gasteiger partial charge in [-0.2, -0.15) is 0 Å². The van der Waals surface area contributed by atoms with Crippen LogP contribution >= 0.6 is 0 Å². The summed E-state index contributed by atoms with van der Waals surface area (Å²) in [5.41, 5.74) is 0. The van der Waals surface area contributed by atoms with Gasteiger partial charge in [0.25, 0.3) is 0 Å². The summed E-state index contributed by atoms with van der Waals surface area (Å²) in [6.45, 7) is 2.23. The fraction of sp³-hybridized carbons (Fsp3) is 0.800. The molecule has 0 atom stereocenters. The number of hydrogen-bond acceptors (Lipinski definition) is 2. The molecular formula is C10H16N2O2. The van der Waals surface area contributed by atoms with E-state index in [-0.39, 0.29) is 6.03 Å². The Balaban J connectivity index is 1.86. The number of hydrogen-bond donors (Lipinski definition) is 0. The van der Waals surface area contributed by atoms with E-state index in [2.05, 4.69) is 0 Å². The molecule has 14 heavy (non-hydrogen) atoms. The van der Waals surface area contributed by atoms with Crippen molar-refractivity contribution in [2.75, 3.05) is 19.6 Å². The lowest BCUT2D eigenvalue weighted by Gasteiger charge is -2.34. The highest BCUT2D eigenvalue weighted by molar-refractivity contribution is 5.77. The van der Waals surface area contributed by atoms with Crippen molar-refractivity contribution in [1.29, 1.82) is 0 Å². The van der Waals surface area contributed by atoms with Crippen molar-refractivity contribution < 1.29 is 9.59 Å². The monoisotopic (exact) mass is 196 g/mol. The molecule has 2 amide bonds. The number of urea groups is 1. The van der Waals surface area contributed by atoms with Gasteiger partial charge >= 0.3 is 6.03 Å².